The minimum atomic E-state index is 0.743. The van der Waals surface area contributed by atoms with Crippen LogP contribution in [0, 0.1) is 11.8 Å². The van der Waals surface area contributed by atoms with Crippen LogP contribution in [-0.4, -0.2) is 19.9 Å². The average molecular weight is 203 g/mol. The second-order valence-electron chi connectivity index (χ2n) is 4.56. The van der Waals surface area contributed by atoms with E-state index < -0.39 is 0 Å². The highest BCUT2D eigenvalue weighted by molar-refractivity contribution is 5.75. The molecule has 0 amide bonds. The molecular weight excluding hydrogens is 186 g/mol. The van der Waals surface area contributed by atoms with Gasteiger partial charge in [0, 0.05) is 24.8 Å². The molecule has 0 aliphatic heterocycles. The number of aldehydes is 1. The van der Waals surface area contributed by atoms with Gasteiger partial charge in [-0.1, -0.05) is 6.92 Å². The van der Waals surface area contributed by atoms with Crippen LogP contribution in [0.1, 0.15) is 23.7 Å². The quantitative estimate of drug-likeness (QED) is 0.701. The zero-order chi connectivity index (χ0) is 10.8. The van der Waals surface area contributed by atoms with Gasteiger partial charge < -0.3 is 4.90 Å². The summed E-state index contributed by atoms with van der Waals surface area (Å²) in [5, 5.41) is 0. The lowest BCUT2D eigenvalue weighted by atomic mass is 10.2. The summed E-state index contributed by atoms with van der Waals surface area (Å²) < 4.78 is 0. The summed E-state index contributed by atoms with van der Waals surface area (Å²) in [6.45, 7) is 3.43. The molecule has 1 fully saturated rings. The van der Waals surface area contributed by atoms with E-state index in [1.165, 1.54) is 12.1 Å². The van der Waals surface area contributed by atoms with Gasteiger partial charge in [-0.2, -0.15) is 0 Å². The first-order valence-corrected chi connectivity index (χ1v) is 5.47. The number of carbonyl (C=O) groups excluding carboxylic acids is 1. The third-order valence-electron chi connectivity index (χ3n) is 3.25. The number of hydrogen-bond donors (Lipinski definition) is 0. The number of hydrogen-bond acceptors (Lipinski definition) is 2. The lowest BCUT2D eigenvalue weighted by Crippen LogP contribution is -2.20. The van der Waals surface area contributed by atoms with E-state index >= 15 is 0 Å². The SMILES string of the molecule is CC1CC1CN(C)c1ccc(C=O)cc1. The number of nitrogens with zero attached hydrogens (tertiary/aromatic N) is 1. The Morgan fingerprint density at radius 1 is 1.40 bits per heavy atom. The van der Waals surface area contributed by atoms with Crippen molar-refractivity contribution in [3.8, 4) is 0 Å². The molecule has 0 bridgehead atoms. The van der Waals surface area contributed by atoms with Crippen molar-refractivity contribution in [3.63, 3.8) is 0 Å². The topological polar surface area (TPSA) is 20.3 Å². The summed E-state index contributed by atoms with van der Waals surface area (Å²) in [5.41, 5.74) is 1.94. The van der Waals surface area contributed by atoms with E-state index in [1.807, 2.05) is 24.3 Å². The number of benzene rings is 1. The van der Waals surface area contributed by atoms with Crippen LogP contribution in [0.25, 0.3) is 0 Å². The van der Waals surface area contributed by atoms with Crippen molar-refractivity contribution in [2.24, 2.45) is 11.8 Å². The van der Waals surface area contributed by atoms with Gasteiger partial charge in [0.2, 0.25) is 0 Å². The van der Waals surface area contributed by atoms with Gasteiger partial charge in [0.15, 0.2) is 0 Å². The molecule has 1 aromatic carbocycles. The average Bonchev–Trinajstić information content (AvgIpc) is 2.94. The largest absolute Gasteiger partial charge is 0.374 e. The molecule has 0 spiro atoms. The van der Waals surface area contributed by atoms with Crippen LogP contribution in [-0.2, 0) is 0 Å². The molecule has 1 aliphatic carbocycles. The molecule has 0 N–H and O–H groups in total. The maximum atomic E-state index is 10.5. The van der Waals surface area contributed by atoms with E-state index in [1.54, 1.807) is 0 Å². The molecule has 2 heteroatoms. The van der Waals surface area contributed by atoms with Gasteiger partial charge in [0.1, 0.15) is 6.29 Å². The van der Waals surface area contributed by atoms with Gasteiger partial charge in [-0.05, 0) is 42.5 Å². The fourth-order valence-electron chi connectivity index (χ4n) is 1.92. The summed E-state index contributed by atoms with van der Waals surface area (Å²) in [6.07, 6.45) is 2.24. The maximum absolute atomic E-state index is 10.5. The molecule has 0 aromatic heterocycles. The highest BCUT2D eigenvalue weighted by Crippen LogP contribution is 2.38. The predicted octanol–water partition coefficient (Wildman–Crippen LogP) is 2.59. The molecule has 0 radical (unpaired) electrons. The van der Waals surface area contributed by atoms with Crippen LogP contribution >= 0.6 is 0 Å². The number of carbonyl (C=O) groups is 1. The first-order chi connectivity index (χ1) is 7.20. The van der Waals surface area contributed by atoms with Gasteiger partial charge in [-0.15, -0.1) is 0 Å². The third kappa shape index (κ3) is 2.38. The smallest absolute Gasteiger partial charge is 0.150 e. The third-order valence-corrected chi connectivity index (χ3v) is 3.25. The Bertz CT molecular complexity index is 344. The Hall–Kier alpha value is -1.31. The van der Waals surface area contributed by atoms with Crippen molar-refractivity contribution in [1.82, 2.24) is 0 Å². The summed E-state index contributed by atoms with van der Waals surface area (Å²) in [6, 6.07) is 7.76. The molecule has 1 aromatic rings. The Labute approximate surface area is 90.9 Å². The fourth-order valence-corrected chi connectivity index (χ4v) is 1.92. The van der Waals surface area contributed by atoms with Crippen LogP contribution in [0.4, 0.5) is 5.69 Å². The van der Waals surface area contributed by atoms with Crippen LogP contribution in [0.5, 0.6) is 0 Å². The molecule has 15 heavy (non-hydrogen) atoms. The van der Waals surface area contributed by atoms with Crippen molar-refractivity contribution >= 4 is 12.0 Å². The number of anilines is 1. The predicted molar refractivity (Wildman–Crippen MR) is 62.4 cm³/mol. The Morgan fingerprint density at radius 3 is 2.47 bits per heavy atom. The van der Waals surface area contributed by atoms with Gasteiger partial charge in [-0.3, -0.25) is 4.79 Å². The summed E-state index contributed by atoms with van der Waals surface area (Å²) >= 11 is 0. The highest BCUT2D eigenvalue weighted by Gasteiger charge is 2.33. The summed E-state index contributed by atoms with van der Waals surface area (Å²) in [4.78, 5) is 12.8. The van der Waals surface area contributed by atoms with Crippen molar-refractivity contribution < 1.29 is 4.79 Å². The van der Waals surface area contributed by atoms with Gasteiger partial charge in [-0.25, -0.2) is 0 Å². The van der Waals surface area contributed by atoms with Gasteiger partial charge >= 0.3 is 0 Å². The van der Waals surface area contributed by atoms with Gasteiger partial charge in [0.25, 0.3) is 0 Å². The Morgan fingerprint density at radius 2 is 2.00 bits per heavy atom. The van der Waals surface area contributed by atoms with E-state index in [2.05, 4.69) is 18.9 Å². The van der Waals surface area contributed by atoms with E-state index in [4.69, 9.17) is 0 Å². The Kier molecular flexibility index (Phi) is 2.76. The minimum absolute atomic E-state index is 0.743. The second-order valence-corrected chi connectivity index (χ2v) is 4.56. The standard InChI is InChI=1S/C13H17NO/c1-10-7-12(10)8-14(2)13-5-3-11(9-15)4-6-13/h3-6,9-10,12H,7-8H2,1-2H3. The van der Waals surface area contributed by atoms with Crippen molar-refractivity contribution in [1.29, 1.82) is 0 Å². The van der Waals surface area contributed by atoms with Crippen LogP contribution in [0.3, 0.4) is 0 Å². The zero-order valence-electron chi connectivity index (χ0n) is 9.31. The van der Waals surface area contributed by atoms with Crippen LogP contribution in [0.2, 0.25) is 0 Å². The molecule has 2 atom stereocenters. The Balaban J connectivity index is 1.98. The van der Waals surface area contributed by atoms with Gasteiger partial charge in [0.05, 0.1) is 0 Å². The normalized spacial score (nSPS) is 23.6. The molecule has 1 saturated carbocycles. The van der Waals surface area contributed by atoms with Crippen molar-refractivity contribution in [2.75, 3.05) is 18.5 Å². The molecular formula is C13H17NO. The summed E-state index contributed by atoms with van der Waals surface area (Å²) in [5.74, 6) is 1.75. The minimum Gasteiger partial charge on any atom is -0.374 e. The monoisotopic (exact) mass is 203 g/mol. The maximum Gasteiger partial charge on any atom is 0.150 e. The molecule has 80 valence electrons. The van der Waals surface area contributed by atoms with E-state index in [0.29, 0.717) is 0 Å². The first kappa shape index (κ1) is 10.2. The van der Waals surface area contributed by atoms with E-state index in [0.717, 1.165) is 30.2 Å². The number of rotatable bonds is 4. The van der Waals surface area contributed by atoms with Crippen molar-refractivity contribution in [3.05, 3.63) is 29.8 Å². The molecule has 2 unspecified atom stereocenters. The lowest BCUT2D eigenvalue weighted by Gasteiger charge is -2.19. The fraction of sp³-hybridized carbons (Fsp3) is 0.462. The zero-order valence-corrected chi connectivity index (χ0v) is 9.31. The lowest BCUT2D eigenvalue weighted by molar-refractivity contribution is 0.112. The van der Waals surface area contributed by atoms with Crippen LogP contribution in [0.15, 0.2) is 24.3 Å². The van der Waals surface area contributed by atoms with Crippen molar-refractivity contribution in [2.45, 2.75) is 13.3 Å². The molecule has 2 rings (SSSR count). The second kappa shape index (κ2) is 4.05. The highest BCUT2D eigenvalue weighted by atomic mass is 16.1. The van der Waals surface area contributed by atoms with E-state index in [-0.39, 0.29) is 0 Å². The van der Waals surface area contributed by atoms with Crippen LogP contribution < -0.4 is 4.90 Å². The molecule has 0 heterocycles. The summed E-state index contributed by atoms with van der Waals surface area (Å²) in [7, 11) is 2.11. The molecule has 2 nitrogen and oxygen atoms in total. The molecule has 0 saturated heterocycles. The van der Waals surface area contributed by atoms with E-state index in [9.17, 15) is 4.79 Å². The first-order valence-electron chi connectivity index (χ1n) is 5.47. The molecule has 1 aliphatic rings.